The van der Waals surface area contributed by atoms with Gasteiger partial charge < -0.3 is 15.8 Å². The van der Waals surface area contributed by atoms with Crippen molar-refractivity contribution in [2.45, 2.75) is 58.7 Å². The molecule has 0 spiro atoms. The Hall–Kier alpha value is -1.09. The van der Waals surface area contributed by atoms with E-state index in [4.69, 9.17) is 10.5 Å². The molecule has 0 bridgehead atoms. The number of ether oxygens (including phenoxy) is 1. The molecule has 3 N–H and O–H groups in total. The number of halogens is 1. The third-order valence-corrected chi connectivity index (χ3v) is 4.06. The van der Waals surface area contributed by atoms with Crippen molar-refractivity contribution in [3.05, 3.63) is 23.9 Å². The van der Waals surface area contributed by atoms with Crippen LogP contribution in [0.5, 0.6) is 5.88 Å². The van der Waals surface area contributed by atoms with Crippen molar-refractivity contribution in [1.29, 1.82) is 0 Å². The van der Waals surface area contributed by atoms with E-state index in [1.807, 2.05) is 32.9 Å². The van der Waals surface area contributed by atoms with Crippen LogP contribution in [-0.2, 0) is 6.54 Å². The van der Waals surface area contributed by atoms with Gasteiger partial charge in [-0.2, -0.15) is 0 Å². The van der Waals surface area contributed by atoms with Crippen LogP contribution in [0.2, 0.25) is 0 Å². The van der Waals surface area contributed by atoms with E-state index in [9.17, 15) is 0 Å². The van der Waals surface area contributed by atoms with E-state index < -0.39 is 0 Å². The maximum Gasteiger partial charge on any atom is 0.213 e. The lowest BCUT2D eigenvalue weighted by molar-refractivity contribution is 0.124. The van der Waals surface area contributed by atoms with Gasteiger partial charge in [0.1, 0.15) is 5.60 Å². The first-order chi connectivity index (χ1) is 11.4. The number of likely N-dealkylation sites (tertiary alicyclic amines) is 1. The number of guanidine groups is 1. The molecule has 1 fully saturated rings. The predicted octanol–water partition coefficient (Wildman–Crippen LogP) is 2.77. The molecular formula is C18H32IN5O. The summed E-state index contributed by atoms with van der Waals surface area (Å²) in [7, 11) is 0. The number of aliphatic imine (C=N–C) groups is 1. The predicted molar refractivity (Wildman–Crippen MR) is 114 cm³/mol. The summed E-state index contributed by atoms with van der Waals surface area (Å²) in [6, 6.07) is 4.41. The molecule has 2 heterocycles. The molecule has 0 radical (unpaired) electrons. The molecule has 6 nitrogen and oxygen atoms in total. The summed E-state index contributed by atoms with van der Waals surface area (Å²) in [4.78, 5) is 11.2. The van der Waals surface area contributed by atoms with Gasteiger partial charge in [-0.15, -0.1) is 24.0 Å². The second-order valence-electron chi connectivity index (χ2n) is 7.23. The Morgan fingerprint density at radius 2 is 2.20 bits per heavy atom. The van der Waals surface area contributed by atoms with Gasteiger partial charge in [-0.25, -0.2) is 9.98 Å². The van der Waals surface area contributed by atoms with Gasteiger partial charge in [-0.05, 0) is 52.3 Å². The van der Waals surface area contributed by atoms with Gasteiger partial charge in [0.05, 0.1) is 6.54 Å². The largest absolute Gasteiger partial charge is 0.472 e. The quantitative estimate of drug-likeness (QED) is 0.387. The molecular weight excluding hydrogens is 429 g/mol. The highest BCUT2D eigenvalue weighted by Gasteiger charge is 2.22. The summed E-state index contributed by atoms with van der Waals surface area (Å²) in [6.45, 7) is 11.9. The monoisotopic (exact) mass is 461 g/mol. The van der Waals surface area contributed by atoms with Crippen LogP contribution >= 0.6 is 24.0 Å². The molecule has 1 saturated heterocycles. The van der Waals surface area contributed by atoms with Gasteiger partial charge in [-0.1, -0.05) is 13.0 Å². The van der Waals surface area contributed by atoms with Crippen molar-refractivity contribution in [3.8, 4) is 5.88 Å². The maximum absolute atomic E-state index is 5.97. The van der Waals surface area contributed by atoms with E-state index in [1.54, 1.807) is 6.20 Å². The van der Waals surface area contributed by atoms with E-state index in [0.29, 0.717) is 24.4 Å². The Morgan fingerprint density at radius 1 is 1.44 bits per heavy atom. The highest BCUT2D eigenvalue weighted by molar-refractivity contribution is 14.0. The van der Waals surface area contributed by atoms with Crippen LogP contribution < -0.4 is 15.8 Å². The molecule has 1 aliphatic heterocycles. The lowest BCUT2D eigenvalue weighted by Gasteiger charge is -2.23. The lowest BCUT2D eigenvalue weighted by atomic mass is 10.2. The first kappa shape index (κ1) is 22.0. The van der Waals surface area contributed by atoms with E-state index in [-0.39, 0.29) is 29.6 Å². The van der Waals surface area contributed by atoms with Crippen molar-refractivity contribution in [2.24, 2.45) is 10.7 Å². The smallest absolute Gasteiger partial charge is 0.213 e. The molecule has 0 amide bonds. The first-order valence-corrected chi connectivity index (χ1v) is 8.79. The van der Waals surface area contributed by atoms with Crippen LogP contribution in [-0.4, -0.2) is 47.1 Å². The van der Waals surface area contributed by atoms with Crippen LogP contribution in [0.1, 0.15) is 46.1 Å². The number of likely N-dealkylation sites (N-methyl/N-ethyl adjacent to an activating group) is 1. The number of rotatable bonds is 6. The van der Waals surface area contributed by atoms with Gasteiger partial charge in [0.2, 0.25) is 5.88 Å². The molecule has 1 atom stereocenters. The summed E-state index contributed by atoms with van der Waals surface area (Å²) >= 11 is 0. The minimum atomic E-state index is -0.242. The molecule has 25 heavy (non-hydrogen) atoms. The highest BCUT2D eigenvalue weighted by atomic mass is 127. The van der Waals surface area contributed by atoms with Crippen LogP contribution in [0.3, 0.4) is 0 Å². The molecule has 0 saturated carbocycles. The molecule has 1 unspecified atom stereocenters. The van der Waals surface area contributed by atoms with Gasteiger partial charge in [0, 0.05) is 24.8 Å². The molecule has 0 aliphatic carbocycles. The molecule has 1 aliphatic rings. The SMILES string of the molecule is CCN1CCCC1CNC(N)=NCc1ccc(OC(C)(C)C)nc1.I. The fourth-order valence-electron chi connectivity index (χ4n) is 2.88. The Kier molecular flexibility index (Phi) is 8.92. The van der Waals surface area contributed by atoms with E-state index >= 15 is 0 Å². The Bertz CT molecular complexity index is 541. The highest BCUT2D eigenvalue weighted by Crippen LogP contribution is 2.16. The summed E-state index contributed by atoms with van der Waals surface area (Å²) in [5, 5.41) is 3.24. The van der Waals surface area contributed by atoms with E-state index in [1.165, 1.54) is 19.4 Å². The number of hydrogen-bond acceptors (Lipinski definition) is 4. The minimum Gasteiger partial charge on any atom is -0.472 e. The number of pyridine rings is 1. The van der Waals surface area contributed by atoms with Gasteiger partial charge in [-0.3, -0.25) is 4.90 Å². The van der Waals surface area contributed by atoms with E-state index in [0.717, 1.165) is 18.7 Å². The zero-order valence-electron chi connectivity index (χ0n) is 15.8. The van der Waals surface area contributed by atoms with Crippen molar-refractivity contribution < 1.29 is 4.74 Å². The third-order valence-electron chi connectivity index (χ3n) is 4.06. The zero-order valence-corrected chi connectivity index (χ0v) is 18.1. The number of nitrogens with one attached hydrogen (secondary N) is 1. The van der Waals surface area contributed by atoms with Crippen LogP contribution in [0.25, 0.3) is 0 Å². The second kappa shape index (κ2) is 10.2. The number of nitrogens with two attached hydrogens (primary N) is 1. The van der Waals surface area contributed by atoms with Crippen LogP contribution in [0.4, 0.5) is 0 Å². The summed E-state index contributed by atoms with van der Waals surface area (Å²) in [5.74, 6) is 1.12. The molecule has 2 rings (SSSR count). The van der Waals surface area contributed by atoms with Crippen LogP contribution in [0.15, 0.2) is 23.3 Å². The Balaban J connectivity index is 0.00000312. The second-order valence-corrected chi connectivity index (χ2v) is 7.23. The number of nitrogens with zero attached hydrogens (tertiary/aromatic N) is 3. The molecule has 7 heteroatoms. The van der Waals surface area contributed by atoms with Gasteiger partial charge in [0.25, 0.3) is 0 Å². The normalized spacial score (nSPS) is 18.7. The zero-order chi connectivity index (χ0) is 17.6. The number of hydrogen-bond donors (Lipinski definition) is 2. The maximum atomic E-state index is 5.97. The molecule has 1 aromatic heterocycles. The van der Waals surface area contributed by atoms with Crippen molar-refractivity contribution >= 4 is 29.9 Å². The van der Waals surface area contributed by atoms with E-state index in [2.05, 4.69) is 27.1 Å². The molecule has 1 aromatic rings. The summed E-state index contributed by atoms with van der Waals surface area (Å²) < 4.78 is 5.71. The van der Waals surface area contributed by atoms with Crippen LogP contribution in [0, 0.1) is 0 Å². The topological polar surface area (TPSA) is 75.8 Å². The lowest BCUT2D eigenvalue weighted by Crippen LogP contribution is -2.42. The number of aromatic nitrogens is 1. The van der Waals surface area contributed by atoms with Crippen molar-refractivity contribution in [1.82, 2.24) is 15.2 Å². The average Bonchev–Trinajstić information content (AvgIpc) is 2.98. The minimum absolute atomic E-state index is 0. The molecule has 142 valence electrons. The average molecular weight is 461 g/mol. The first-order valence-electron chi connectivity index (χ1n) is 8.79. The Labute approximate surface area is 168 Å². The fourth-order valence-corrected chi connectivity index (χ4v) is 2.88. The third kappa shape index (κ3) is 7.77. The van der Waals surface area contributed by atoms with Gasteiger partial charge in [0.15, 0.2) is 5.96 Å². The van der Waals surface area contributed by atoms with Gasteiger partial charge >= 0.3 is 0 Å². The fraction of sp³-hybridized carbons (Fsp3) is 0.667. The van der Waals surface area contributed by atoms with Crippen molar-refractivity contribution in [2.75, 3.05) is 19.6 Å². The standard InChI is InChI=1S/C18H31N5O.HI/c1-5-23-10-6-7-15(23)13-22-17(19)21-12-14-8-9-16(20-11-14)24-18(2,3)4;/h8-9,11,15H,5-7,10,12-13H2,1-4H3,(H3,19,21,22);1H. The molecule has 0 aromatic carbocycles. The van der Waals surface area contributed by atoms with Crippen molar-refractivity contribution in [3.63, 3.8) is 0 Å². The summed E-state index contributed by atoms with van der Waals surface area (Å²) in [6.07, 6.45) is 4.28. The summed E-state index contributed by atoms with van der Waals surface area (Å²) in [5.41, 5.74) is 6.74. The Morgan fingerprint density at radius 3 is 2.80 bits per heavy atom.